The molecule has 0 radical (unpaired) electrons. The number of rotatable bonds is 4. The zero-order chi connectivity index (χ0) is 9.64. The van der Waals surface area contributed by atoms with Crippen LogP contribution in [0.25, 0.3) is 0 Å². The van der Waals surface area contributed by atoms with Crippen LogP contribution in [0.5, 0.6) is 0 Å². The van der Waals surface area contributed by atoms with Gasteiger partial charge in [0.1, 0.15) is 5.76 Å². The van der Waals surface area contributed by atoms with Gasteiger partial charge in [-0.3, -0.25) is 4.72 Å². The molecule has 78 valence electrons. The predicted octanol–water partition coefficient (Wildman–Crippen LogP) is 3.35. The van der Waals surface area contributed by atoms with E-state index in [1.54, 1.807) is 6.26 Å². The van der Waals surface area contributed by atoms with E-state index in [-0.39, 0.29) is 0 Å². The van der Waals surface area contributed by atoms with E-state index in [2.05, 4.69) is 4.72 Å². The van der Waals surface area contributed by atoms with Gasteiger partial charge < -0.3 is 4.42 Å². The average Bonchev–Trinajstić information content (AvgIpc) is 2.72. The zero-order valence-corrected chi connectivity index (χ0v) is 9.19. The first-order valence-electron chi connectivity index (χ1n) is 5.36. The van der Waals surface area contributed by atoms with Crippen LogP contribution in [0.3, 0.4) is 0 Å². The van der Waals surface area contributed by atoms with Crippen LogP contribution in [0.4, 0.5) is 0 Å². The van der Waals surface area contributed by atoms with Crippen LogP contribution in [0.15, 0.2) is 22.8 Å². The van der Waals surface area contributed by atoms with Crippen LogP contribution in [-0.4, -0.2) is 5.25 Å². The van der Waals surface area contributed by atoms with Gasteiger partial charge in [0.05, 0.1) is 12.8 Å². The number of nitrogens with one attached hydrogen (secondary N) is 1. The fourth-order valence-electron chi connectivity index (χ4n) is 1.83. The molecule has 1 aromatic heterocycles. The quantitative estimate of drug-likeness (QED) is 0.773. The van der Waals surface area contributed by atoms with Crippen molar-refractivity contribution < 1.29 is 4.42 Å². The van der Waals surface area contributed by atoms with Crippen LogP contribution in [0, 0.1) is 0 Å². The molecule has 0 spiro atoms. The summed E-state index contributed by atoms with van der Waals surface area (Å²) in [7, 11) is 0. The van der Waals surface area contributed by atoms with Crippen LogP contribution >= 0.6 is 11.9 Å². The summed E-state index contributed by atoms with van der Waals surface area (Å²) in [5.41, 5.74) is 0. The third-order valence-corrected chi connectivity index (χ3v) is 3.74. The minimum absolute atomic E-state index is 0.818. The molecule has 0 bridgehead atoms. The summed E-state index contributed by atoms with van der Waals surface area (Å²) in [6, 6.07) is 3.94. The highest BCUT2D eigenvalue weighted by Gasteiger charge is 2.13. The van der Waals surface area contributed by atoms with Crippen molar-refractivity contribution >= 4 is 11.9 Å². The summed E-state index contributed by atoms with van der Waals surface area (Å²) in [5.74, 6) is 1.02. The molecule has 2 rings (SSSR count). The Labute approximate surface area is 89.6 Å². The smallest absolute Gasteiger partial charge is 0.118 e. The highest BCUT2D eigenvalue weighted by atomic mass is 32.2. The molecule has 2 nitrogen and oxygen atoms in total. The molecule has 1 N–H and O–H groups in total. The number of hydrogen-bond donors (Lipinski definition) is 1. The van der Waals surface area contributed by atoms with E-state index in [4.69, 9.17) is 4.42 Å². The molecule has 0 saturated heterocycles. The van der Waals surface area contributed by atoms with Crippen LogP contribution in [0.2, 0.25) is 0 Å². The van der Waals surface area contributed by atoms with Crippen molar-refractivity contribution in [3.63, 3.8) is 0 Å². The maximum Gasteiger partial charge on any atom is 0.118 e. The van der Waals surface area contributed by atoms with Gasteiger partial charge in [0.25, 0.3) is 0 Å². The lowest BCUT2D eigenvalue weighted by molar-refractivity contribution is 0.501. The lowest BCUT2D eigenvalue weighted by Gasteiger charge is -2.20. The van der Waals surface area contributed by atoms with E-state index in [0.717, 1.165) is 17.6 Å². The molecule has 3 heteroatoms. The van der Waals surface area contributed by atoms with Crippen molar-refractivity contribution in [3.05, 3.63) is 24.2 Å². The Balaban J connectivity index is 1.62. The minimum Gasteiger partial charge on any atom is -0.468 e. The molecule has 1 aliphatic carbocycles. The van der Waals surface area contributed by atoms with Gasteiger partial charge in [0.15, 0.2) is 0 Å². The fraction of sp³-hybridized carbons (Fsp3) is 0.636. The Morgan fingerprint density at radius 1 is 1.36 bits per heavy atom. The molecule has 0 aliphatic heterocycles. The van der Waals surface area contributed by atoms with Gasteiger partial charge in [-0.05, 0) is 25.0 Å². The molecule has 14 heavy (non-hydrogen) atoms. The van der Waals surface area contributed by atoms with Crippen molar-refractivity contribution in [1.29, 1.82) is 0 Å². The zero-order valence-electron chi connectivity index (χ0n) is 8.37. The van der Waals surface area contributed by atoms with E-state index in [1.165, 1.54) is 32.1 Å². The Kier molecular flexibility index (Phi) is 3.95. The molecule has 0 atom stereocenters. The van der Waals surface area contributed by atoms with E-state index in [1.807, 2.05) is 24.1 Å². The highest BCUT2D eigenvalue weighted by Crippen LogP contribution is 2.26. The molecule has 1 saturated carbocycles. The third-order valence-electron chi connectivity index (χ3n) is 2.63. The summed E-state index contributed by atoms with van der Waals surface area (Å²) in [5, 5.41) is 0.818. The predicted molar refractivity (Wildman–Crippen MR) is 60.0 cm³/mol. The van der Waals surface area contributed by atoms with Crippen molar-refractivity contribution in [2.45, 2.75) is 43.9 Å². The van der Waals surface area contributed by atoms with E-state index in [0.29, 0.717) is 0 Å². The first kappa shape index (κ1) is 10.1. The molecule has 1 aromatic rings. The third kappa shape index (κ3) is 3.07. The van der Waals surface area contributed by atoms with Crippen molar-refractivity contribution in [2.24, 2.45) is 0 Å². The average molecular weight is 211 g/mol. The summed E-state index contributed by atoms with van der Waals surface area (Å²) in [6.07, 6.45) is 8.70. The second-order valence-electron chi connectivity index (χ2n) is 3.78. The summed E-state index contributed by atoms with van der Waals surface area (Å²) < 4.78 is 8.63. The van der Waals surface area contributed by atoms with Gasteiger partial charge >= 0.3 is 0 Å². The first-order chi connectivity index (χ1) is 6.95. The minimum atomic E-state index is 0.818. The first-order valence-corrected chi connectivity index (χ1v) is 6.24. The number of hydrogen-bond acceptors (Lipinski definition) is 3. The molecule has 1 fully saturated rings. The van der Waals surface area contributed by atoms with E-state index >= 15 is 0 Å². The van der Waals surface area contributed by atoms with Gasteiger partial charge in [-0.2, -0.15) is 0 Å². The molecule has 0 amide bonds. The summed E-state index contributed by atoms with van der Waals surface area (Å²) in [6.45, 7) is 0.841. The lowest BCUT2D eigenvalue weighted by atomic mass is 10.0. The Bertz CT molecular complexity index is 242. The molecular formula is C11H17NOS. The van der Waals surface area contributed by atoms with Gasteiger partial charge in [-0.15, -0.1) is 0 Å². The second-order valence-corrected chi connectivity index (χ2v) is 4.97. The van der Waals surface area contributed by atoms with E-state index < -0.39 is 0 Å². The second kappa shape index (κ2) is 5.47. The van der Waals surface area contributed by atoms with Crippen LogP contribution in [0.1, 0.15) is 37.9 Å². The van der Waals surface area contributed by atoms with Crippen molar-refractivity contribution in [2.75, 3.05) is 0 Å². The number of furan rings is 1. The normalized spacial score (nSPS) is 18.6. The van der Waals surface area contributed by atoms with Gasteiger partial charge in [-0.1, -0.05) is 31.2 Å². The van der Waals surface area contributed by atoms with Gasteiger partial charge in [0.2, 0.25) is 0 Å². The van der Waals surface area contributed by atoms with Gasteiger partial charge in [0, 0.05) is 5.25 Å². The molecule has 0 aromatic carbocycles. The SMILES string of the molecule is c1coc(CNSC2CCCCC2)c1. The fourth-order valence-corrected chi connectivity index (χ4v) is 2.86. The summed E-state index contributed by atoms with van der Waals surface area (Å²) >= 11 is 1.89. The topological polar surface area (TPSA) is 25.2 Å². The maximum atomic E-state index is 5.25. The van der Waals surface area contributed by atoms with Gasteiger partial charge in [-0.25, -0.2) is 0 Å². The maximum absolute atomic E-state index is 5.25. The van der Waals surface area contributed by atoms with E-state index in [9.17, 15) is 0 Å². The van der Waals surface area contributed by atoms with Crippen molar-refractivity contribution in [3.8, 4) is 0 Å². The molecular weight excluding hydrogens is 194 g/mol. The summed E-state index contributed by atoms with van der Waals surface area (Å²) in [4.78, 5) is 0. The Morgan fingerprint density at radius 2 is 2.21 bits per heavy atom. The Hall–Kier alpha value is -0.410. The molecule has 0 unspecified atom stereocenters. The highest BCUT2D eigenvalue weighted by molar-refractivity contribution is 7.98. The monoisotopic (exact) mass is 211 g/mol. The van der Waals surface area contributed by atoms with Crippen molar-refractivity contribution in [1.82, 2.24) is 4.72 Å². The molecule has 1 aliphatic rings. The largest absolute Gasteiger partial charge is 0.468 e. The van der Waals surface area contributed by atoms with Crippen LogP contribution in [-0.2, 0) is 6.54 Å². The van der Waals surface area contributed by atoms with Crippen LogP contribution < -0.4 is 4.72 Å². The standard InChI is InChI=1S/C11H17NOS/c1-2-6-11(7-3-1)14-12-9-10-5-4-8-13-10/h4-5,8,11-12H,1-3,6-7,9H2. The lowest BCUT2D eigenvalue weighted by Crippen LogP contribution is -2.14. The molecule has 1 heterocycles. The Morgan fingerprint density at radius 3 is 2.93 bits per heavy atom.